The van der Waals surface area contributed by atoms with E-state index in [1.165, 1.54) is 11.1 Å². The van der Waals surface area contributed by atoms with Gasteiger partial charge >= 0.3 is 0 Å². The first-order valence-corrected chi connectivity index (χ1v) is 7.99. The van der Waals surface area contributed by atoms with Gasteiger partial charge in [-0.05, 0) is 48.7 Å². The van der Waals surface area contributed by atoms with Crippen LogP contribution in [0.15, 0.2) is 51.4 Å². The Bertz CT molecular complexity index is 549. The molecule has 0 fully saturated rings. The highest BCUT2D eigenvalue weighted by atomic mass is 79.9. The van der Waals surface area contributed by atoms with E-state index in [0.717, 1.165) is 21.1 Å². The molecule has 0 saturated carbocycles. The van der Waals surface area contributed by atoms with Crippen molar-refractivity contribution in [1.82, 2.24) is 0 Å². The predicted molar refractivity (Wildman–Crippen MR) is 89.7 cm³/mol. The molecule has 3 heteroatoms. The molecule has 2 aromatic carbocycles. The lowest BCUT2D eigenvalue weighted by molar-refractivity contribution is 0.878. The predicted octanol–water partition coefficient (Wildman–Crippen LogP) is 5.95. The summed E-state index contributed by atoms with van der Waals surface area (Å²) in [5, 5.41) is 3.52. The highest BCUT2D eigenvalue weighted by Gasteiger charge is 2.09. The second-order valence-electron chi connectivity index (χ2n) is 4.58. The summed E-state index contributed by atoms with van der Waals surface area (Å²) in [7, 11) is 0. The van der Waals surface area contributed by atoms with Crippen LogP contribution >= 0.6 is 31.9 Å². The molecule has 19 heavy (non-hydrogen) atoms. The quantitative estimate of drug-likeness (QED) is 0.689. The van der Waals surface area contributed by atoms with Crippen molar-refractivity contribution in [3.05, 3.63) is 62.5 Å². The normalized spacial score (nSPS) is 12.2. The van der Waals surface area contributed by atoms with E-state index < -0.39 is 0 Å². The summed E-state index contributed by atoms with van der Waals surface area (Å²) in [6.45, 7) is 4.34. The fourth-order valence-electron chi connectivity index (χ4n) is 2.02. The first kappa shape index (κ1) is 14.6. The molecule has 2 aromatic rings. The van der Waals surface area contributed by atoms with Crippen LogP contribution in [0, 0.1) is 0 Å². The topological polar surface area (TPSA) is 12.0 Å². The summed E-state index contributed by atoms with van der Waals surface area (Å²) >= 11 is 7.09. The Morgan fingerprint density at radius 3 is 2.32 bits per heavy atom. The maximum atomic E-state index is 3.61. The Labute approximate surface area is 131 Å². The molecule has 0 amide bonds. The van der Waals surface area contributed by atoms with E-state index >= 15 is 0 Å². The maximum absolute atomic E-state index is 3.61. The molecule has 1 atom stereocenters. The smallest absolute Gasteiger partial charge is 0.0496 e. The van der Waals surface area contributed by atoms with Gasteiger partial charge in [0.15, 0.2) is 0 Å². The molecular formula is C16H17Br2N. The van der Waals surface area contributed by atoms with Gasteiger partial charge in [-0.1, -0.05) is 57.0 Å². The van der Waals surface area contributed by atoms with Crippen LogP contribution in [0.3, 0.4) is 0 Å². The lowest BCUT2D eigenvalue weighted by Gasteiger charge is -2.17. The number of nitrogens with one attached hydrogen (secondary N) is 1. The standard InChI is InChI=1S/C16H17Br2N/c1-3-12-4-7-14(8-5-12)19-11(2)15-9-6-13(17)10-16(15)18/h4-11,19H,3H2,1-2H3. The van der Waals surface area contributed by atoms with Crippen LogP contribution < -0.4 is 5.32 Å². The Kier molecular flexibility index (Phi) is 5.06. The SMILES string of the molecule is CCc1ccc(NC(C)c2ccc(Br)cc2Br)cc1. The van der Waals surface area contributed by atoms with Gasteiger partial charge in [-0.15, -0.1) is 0 Å². The van der Waals surface area contributed by atoms with E-state index in [1.807, 2.05) is 0 Å². The number of anilines is 1. The largest absolute Gasteiger partial charge is 0.378 e. The molecule has 1 nitrogen and oxygen atoms in total. The Balaban J connectivity index is 2.13. The van der Waals surface area contributed by atoms with Crippen LogP contribution in [-0.4, -0.2) is 0 Å². The molecule has 0 aromatic heterocycles. The third kappa shape index (κ3) is 3.83. The van der Waals surface area contributed by atoms with Crippen molar-refractivity contribution >= 4 is 37.5 Å². The molecule has 0 aliphatic carbocycles. The van der Waals surface area contributed by atoms with Gasteiger partial charge in [0.25, 0.3) is 0 Å². The minimum Gasteiger partial charge on any atom is -0.378 e. The molecule has 0 saturated heterocycles. The second-order valence-corrected chi connectivity index (χ2v) is 6.35. The first-order valence-electron chi connectivity index (χ1n) is 6.40. The summed E-state index contributed by atoms with van der Waals surface area (Å²) in [5.74, 6) is 0. The lowest BCUT2D eigenvalue weighted by atomic mass is 10.1. The minimum atomic E-state index is 0.259. The highest BCUT2D eigenvalue weighted by molar-refractivity contribution is 9.11. The van der Waals surface area contributed by atoms with E-state index in [2.05, 4.69) is 93.5 Å². The molecule has 0 aliphatic heterocycles. The number of benzene rings is 2. The average Bonchev–Trinajstić information content (AvgIpc) is 2.39. The van der Waals surface area contributed by atoms with Crippen molar-refractivity contribution in [2.24, 2.45) is 0 Å². The fraction of sp³-hybridized carbons (Fsp3) is 0.250. The molecular weight excluding hydrogens is 366 g/mol. The molecule has 0 spiro atoms. The number of hydrogen-bond acceptors (Lipinski definition) is 1. The van der Waals surface area contributed by atoms with E-state index in [0.29, 0.717) is 0 Å². The zero-order valence-corrected chi connectivity index (χ0v) is 14.3. The molecule has 0 heterocycles. The third-order valence-corrected chi connectivity index (χ3v) is 4.35. The van der Waals surface area contributed by atoms with Gasteiger partial charge in [0.1, 0.15) is 0 Å². The van der Waals surface area contributed by atoms with Crippen molar-refractivity contribution < 1.29 is 0 Å². The van der Waals surface area contributed by atoms with E-state index in [-0.39, 0.29) is 6.04 Å². The van der Waals surface area contributed by atoms with Gasteiger partial charge in [0.2, 0.25) is 0 Å². The monoisotopic (exact) mass is 381 g/mol. The molecule has 100 valence electrons. The zero-order valence-electron chi connectivity index (χ0n) is 11.1. The second kappa shape index (κ2) is 6.58. The molecule has 1 unspecified atom stereocenters. The summed E-state index contributed by atoms with van der Waals surface area (Å²) in [5.41, 5.74) is 3.77. The van der Waals surface area contributed by atoms with Crippen LogP contribution in [0.2, 0.25) is 0 Å². The Morgan fingerprint density at radius 2 is 1.74 bits per heavy atom. The number of rotatable bonds is 4. The Morgan fingerprint density at radius 1 is 1.05 bits per heavy atom. The zero-order chi connectivity index (χ0) is 13.8. The van der Waals surface area contributed by atoms with Gasteiger partial charge in [-0.25, -0.2) is 0 Å². The van der Waals surface area contributed by atoms with Gasteiger partial charge in [0, 0.05) is 20.7 Å². The van der Waals surface area contributed by atoms with Crippen molar-refractivity contribution in [1.29, 1.82) is 0 Å². The molecule has 2 rings (SSSR count). The number of halogens is 2. The summed E-state index contributed by atoms with van der Waals surface area (Å²) in [6, 6.07) is 15.2. The maximum Gasteiger partial charge on any atom is 0.0496 e. The fourth-order valence-corrected chi connectivity index (χ4v) is 3.41. The van der Waals surface area contributed by atoms with Crippen LogP contribution in [0.4, 0.5) is 5.69 Å². The minimum absolute atomic E-state index is 0.259. The van der Waals surface area contributed by atoms with E-state index in [4.69, 9.17) is 0 Å². The average molecular weight is 383 g/mol. The Hall–Kier alpha value is -0.800. The lowest BCUT2D eigenvalue weighted by Crippen LogP contribution is -2.07. The molecule has 0 aliphatic rings. The van der Waals surface area contributed by atoms with Gasteiger partial charge < -0.3 is 5.32 Å². The van der Waals surface area contributed by atoms with Gasteiger partial charge in [-0.3, -0.25) is 0 Å². The number of aryl methyl sites for hydroxylation is 1. The molecule has 0 bridgehead atoms. The van der Waals surface area contributed by atoms with E-state index in [9.17, 15) is 0 Å². The van der Waals surface area contributed by atoms with Crippen LogP contribution in [0.25, 0.3) is 0 Å². The van der Waals surface area contributed by atoms with Crippen molar-refractivity contribution in [3.63, 3.8) is 0 Å². The molecule has 0 radical (unpaired) electrons. The highest BCUT2D eigenvalue weighted by Crippen LogP contribution is 2.29. The van der Waals surface area contributed by atoms with Crippen LogP contribution in [-0.2, 0) is 6.42 Å². The van der Waals surface area contributed by atoms with Crippen molar-refractivity contribution in [2.75, 3.05) is 5.32 Å². The van der Waals surface area contributed by atoms with Gasteiger partial charge in [-0.2, -0.15) is 0 Å². The number of hydrogen-bond donors (Lipinski definition) is 1. The first-order chi connectivity index (χ1) is 9.10. The van der Waals surface area contributed by atoms with Crippen LogP contribution in [0.5, 0.6) is 0 Å². The van der Waals surface area contributed by atoms with E-state index in [1.54, 1.807) is 0 Å². The third-order valence-electron chi connectivity index (χ3n) is 3.17. The summed E-state index contributed by atoms with van der Waals surface area (Å²) in [4.78, 5) is 0. The van der Waals surface area contributed by atoms with Gasteiger partial charge in [0.05, 0.1) is 0 Å². The summed E-state index contributed by atoms with van der Waals surface area (Å²) in [6.07, 6.45) is 1.08. The van der Waals surface area contributed by atoms with Crippen molar-refractivity contribution in [3.8, 4) is 0 Å². The van der Waals surface area contributed by atoms with Crippen molar-refractivity contribution in [2.45, 2.75) is 26.3 Å². The molecule has 1 N–H and O–H groups in total. The summed E-state index contributed by atoms with van der Waals surface area (Å²) < 4.78 is 2.20. The van der Waals surface area contributed by atoms with Crippen LogP contribution in [0.1, 0.15) is 31.0 Å².